The van der Waals surface area contributed by atoms with Gasteiger partial charge in [-0.2, -0.15) is 0 Å². The minimum absolute atomic E-state index is 0.0533. The van der Waals surface area contributed by atoms with Crippen LogP contribution in [0.4, 0.5) is 0 Å². The summed E-state index contributed by atoms with van der Waals surface area (Å²) in [6.45, 7) is 11.4. The van der Waals surface area contributed by atoms with E-state index in [0.717, 1.165) is 91.4 Å². The zero-order chi connectivity index (χ0) is 21.7. The molecule has 172 valence electrons. The Kier molecular flexibility index (Phi) is 7.61. The molecular weight excluding hydrogens is 392 g/mol. The van der Waals surface area contributed by atoms with E-state index in [2.05, 4.69) is 44.3 Å². The fraction of sp³-hybridized carbons (Fsp3) is 0.708. The largest absolute Gasteiger partial charge is 0.387 e. The summed E-state index contributed by atoms with van der Waals surface area (Å²) in [6.07, 6.45) is 2.76. The van der Waals surface area contributed by atoms with Crippen molar-refractivity contribution in [1.29, 1.82) is 0 Å². The molecule has 0 bridgehead atoms. The van der Waals surface area contributed by atoms with E-state index >= 15 is 0 Å². The molecular formula is C24H38N4O3. The number of likely N-dealkylation sites (tertiary alicyclic amines) is 2. The van der Waals surface area contributed by atoms with E-state index in [1.165, 1.54) is 11.1 Å². The highest BCUT2D eigenvalue weighted by Crippen LogP contribution is 2.26. The van der Waals surface area contributed by atoms with Crippen LogP contribution in [-0.2, 0) is 22.6 Å². The molecule has 7 nitrogen and oxygen atoms in total. The van der Waals surface area contributed by atoms with Crippen LogP contribution in [0.3, 0.4) is 0 Å². The summed E-state index contributed by atoms with van der Waals surface area (Å²) >= 11 is 0. The number of carbonyl (C=O) groups excluding carboxylic acids is 1. The van der Waals surface area contributed by atoms with E-state index < -0.39 is 5.60 Å². The first-order valence-electron chi connectivity index (χ1n) is 11.8. The maximum atomic E-state index is 11.3. The van der Waals surface area contributed by atoms with Gasteiger partial charge in [-0.05, 0) is 30.4 Å². The van der Waals surface area contributed by atoms with Crippen molar-refractivity contribution >= 4 is 5.91 Å². The van der Waals surface area contributed by atoms with Gasteiger partial charge in [-0.15, -0.1) is 0 Å². The number of rotatable bonds is 7. The quantitative estimate of drug-likeness (QED) is 0.674. The van der Waals surface area contributed by atoms with E-state index in [0.29, 0.717) is 0 Å². The Morgan fingerprint density at radius 2 is 1.74 bits per heavy atom. The predicted molar refractivity (Wildman–Crippen MR) is 121 cm³/mol. The van der Waals surface area contributed by atoms with Crippen LogP contribution < -0.4 is 5.32 Å². The average molecular weight is 431 g/mol. The first kappa shape index (κ1) is 22.7. The lowest BCUT2D eigenvalue weighted by Crippen LogP contribution is -2.50. The molecule has 1 aromatic rings. The molecule has 3 saturated heterocycles. The molecule has 31 heavy (non-hydrogen) atoms. The van der Waals surface area contributed by atoms with E-state index in [9.17, 15) is 9.90 Å². The zero-order valence-corrected chi connectivity index (χ0v) is 18.9. The minimum Gasteiger partial charge on any atom is -0.387 e. The number of hydrogen-bond donors (Lipinski definition) is 2. The molecule has 1 amide bonds. The Hall–Kier alpha value is -1.51. The number of nitrogens with zero attached hydrogens (tertiary/aromatic N) is 3. The minimum atomic E-state index is -0.633. The number of carbonyl (C=O) groups is 1. The summed E-state index contributed by atoms with van der Waals surface area (Å²) in [5, 5.41) is 14.2. The van der Waals surface area contributed by atoms with E-state index in [1.807, 2.05) is 0 Å². The molecule has 3 aliphatic heterocycles. The van der Waals surface area contributed by atoms with Crippen LogP contribution in [0.5, 0.6) is 0 Å². The molecule has 4 rings (SSSR count). The molecule has 0 aromatic heterocycles. The van der Waals surface area contributed by atoms with Crippen molar-refractivity contribution in [3.63, 3.8) is 0 Å². The van der Waals surface area contributed by atoms with Crippen LogP contribution in [0.25, 0.3) is 0 Å². The molecule has 0 saturated carbocycles. The number of piperidine rings is 1. The number of benzene rings is 1. The van der Waals surface area contributed by atoms with Crippen molar-refractivity contribution in [2.75, 3.05) is 59.0 Å². The summed E-state index contributed by atoms with van der Waals surface area (Å²) < 4.78 is 5.45. The van der Waals surface area contributed by atoms with Gasteiger partial charge >= 0.3 is 0 Å². The second kappa shape index (κ2) is 10.4. The Labute approximate surface area is 186 Å². The summed E-state index contributed by atoms with van der Waals surface area (Å²) in [4.78, 5) is 18.5. The Balaban J connectivity index is 1.24. The van der Waals surface area contributed by atoms with Gasteiger partial charge < -0.3 is 20.1 Å². The summed E-state index contributed by atoms with van der Waals surface area (Å²) in [7, 11) is 0. The fourth-order valence-electron chi connectivity index (χ4n) is 5.25. The number of ether oxygens (including phenoxy) is 1. The van der Waals surface area contributed by atoms with Crippen molar-refractivity contribution in [2.45, 2.75) is 50.9 Å². The van der Waals surface area contributed by atoms with Gasteiger partial charge in [0.05, 0.1) is 18.8 Å². The molecule has 0 unspecified atom stereocenters. The number of morpholine rings is 1. The van der Waals surface area contributed by atoms with Crippen molar-refractivity contribution in [3.05, 3.63) is 35.4 Å². The highest BCUT2D eigenvalue weighted by Gasteiger charge is 2.38. The monoisotopic (exact) mass is 430 g/mol. The number of amides is 1. The second-order valence-corrected chi connectivity index (χ2v) is 9.64. The van der Waals surface area contributed by atoms with Gasteiger partial charge in [0.15, 0.2) is 0 Å². The first-order chi connectivity index (χ1) is 15.0. The van der Waals surface area contributed by atoms with E-state index in [-0.39, 0.29) is 11.9 Å². The SMILES string of the molecule is CC(=O)NC1CCN(C[C@]2(O)CCN(Cc3cccc(CN4CCOCC4)c3)C2)CC1. The van der Waals surface area contributed by atoms with Crippen molar-refractivity contribution in [3.8, 4) is 0 Å². The molecule has 0 radical (unpaired) electrons. The molecule has 0 spiro atoms. The molecule has 3 aliphatic rings. The predicted octanol–water partition coefficient (Wildman–Crippen LogP) is 1.06. The van der Waals surface area contributed by atoms with Crippen LogP contribution in [-0.4, -0.2) is 96.4 Å². The molecule has 3 heterocycles. The maximum Gasteiger partial charge on any atom is 0.217 e. The van der Waals surface area contributed by atoms with Crippen LogP contribution in [0.15, 0.2) is 24.3 Å². The van der Waals surface area contributed by atoms with Crippen LogP contribution >= 0.6 is 0 Å². The van der Waals surface area contributed by atoms with Gasteiger partial charge in [0, 0.05) is 71.9 Å². The standard InChI is InChI=1S/C24H38N4O3/c1-20(29)25-23-5-8-27(9-6-23)18-24(30)7-10-28(19-24)17-22-4-2-3-21(15-22)16-26-11-13-31-14-12-26/h2-4,15,23,30H,5-14,16-19H2,1H3,(H,25,29)/t24-/m1/s1. The van der Waals surface area contributed by atoms with Gasteiger partial charge in [0.1, 0.15) is 0 Å². The summed E-state index contributed by atoms with van der Waals surface area (Å²) in [5.41, 5.74) is 2.05. The number of nitrogens with one attached hydrogen (secondary N) is 1. The molecule has 1 aromatic carbocycles. The van der Waals surface area contributed by atoms with Crippen molar-refractivity contribution < 1.29 is 14.6 Å². The first-order valence-corrected chi connectivity index (χ1v) is 11.8. The van der Waals surface area contributed by atoms with Gasteiger partial charge in [0.2, 0.25) is 5.91 Å². The van der Waals surface area contributed by atoms with Gasteiger partial charge in [-0.25, -0.2) is 0 Å². The zero-order valence-electron chi connectivity index (χ0n) is 18.9. The smallest absolute Gasteiger partial charge is 0.217 e. The number of aliphatic hydroxyl groups is 1. The van der Waals surface area contributed by atoms with Gasteiger partial charge in [-0.1, -0.05) is 24.3 Å². The third kappa shape index (κ3) is 6.73. The lowest BCUT2D eigenvalue weighted by Gasteiger charge is -2.36. The van der Waals surface area contributed by atoms with Crippen LogP contribution in [0, 0.1) is 0 Å². The van der Waals surface area contributed by atoms with E-state index in [4.69, 9.17) is 4.74 Å². The maximum absolute atomic E-state index is 11.3. The third-order valence-corrected chi connectivity index (χ3v) is 6.83. The lowest BCUT2D eigenvalue weighted by molar-refractivity contribution is -0.120. The second-order valence-electron chi connectivity index (χ2n) is 9.64. The molecule has 7 heteroatoms. The molecule has 3 fully saturated rings. The van der Waals surface area contributed by atoms with Crippen LogP contribution in [0.1, 0.15) is 37.3 Å². The highest BCUT2D eigenvalue weighted by molar-refractivity contribution is 5.73. The number of β-amino-alcohol motifs (C(OH)–C–C–N with tert-alkyl or cyclic N) is 1. The van der Waals surface area contributed by atoms with Crippen LogP contribution in [0.2, 0.25) is 0 Å². The normalized spacial score (nSPS) is 26.9. The summed E-state index contributed by atoms with van der Waals surface area (Å²) in [5.74, 6) is 0.0533. The summed E-state index contributed by atoms with van der Waals surface area (Å²) in [6, 6.07) is 9.18. The van der Waals surface area contributed by atoms with Crippen molar-refractivity contribution in [2.24, 2.45) is 0 Å². The lowest BCUT2D eigenvalue weighted by atomic mass is 9.99. The highest BCUT2D eigenvalue weighted by atomic mass is 16.5. The molecule has 0 aliphatic carbocycles. The number of hydrogen-bond acceptors (Lipinski definition) is 6. The topological polar surface area (TPSA) is 68.3 Å². The average Bonchev–Trinajstić information content (AvgIpc) is 3.10. The fourth-order valence-corrected chi connectivity index (χ4v) is 5.25. The molecule has 1 atom stereocenters. The third-order valence-electron chi connectivity index (χ3n) is 6.83. The van der Waals surface area contributed by atoms with Gasteiger partial charge in [0.25, 0.3) is 0 Å². The Morgan fingerprint density at radius 1 is 1.06 bits per heavy atom. The Bertz CT molecular complexity index is 731. The van der Waals surface area contributed by atoms with Gasteiger partial charge in [-0.3, -0.25) is 14.6 Å². The van der Waals surface area contributed by atoms with E-state index in [1.54, 1.807) is 6.92 Å². The van der Waals surface area contributed by atoms with Crippen molar-refractivity contribution in [1.82, 2.24) is 20.0 Å². The molecule has 2 N–H and O–H groups in total. The Morgan fingerprint density at radius 3 is 2.42 bits per heavy atom.